The Morgan fingerprint density at radius 1 is 1.17 bits per heavy atom. The van der Waals surface area contributed by atoms with Gasteiger partial charge in [-0.05, 0) is 62.1 Å². The molecular weight excluding hydrogens is 458 g/mol. The molecule has 4 rings (SSSR count). The molecule has 1 aromatic heterocycles. The van der Waals surface area contributed by atoms with E-state index >= 15 is 0 Å². The third-order valence-electron chi connectivity index (χ3n) is 6.12. The van der Waals surface area contributed by atoms with Gasteiger partial charge in [0.25, 0.3) is 0 Å². The number of likely N-dealkylation sites (tertiary alicyclic amines) is 1. The van der Waals surface area contributed by atoms with Gasteiger partial charge >= 0.3 is 0 Å². The fourth-order valence-electron chi connectivity index (χ4n) is 4.25. The van der Waals surface area contributed by atoms with Gasteiger partial charge in [-0.3, -0.25) is 10.4 Å². The van der Waals surface area contributed by atoms with E-state index in [2.05, 4.69) is 29.0 Å². The van der Waals surface area contributed by atoms with E-state index in [0.29, 0.717) is 34.0 Å². The van der Waals surface area contributed by atoms with Crippen LogP contribution >= 0.6 is 0 Å². The molecule has 182 valence electrons. The van der Waals surface area contributed by atoms with Crippen LogP contribution in [0.3, 0.4) is 0 Å². The zero-order chi connectivity index (χ0) is 25.0. The van der Waals surface area contributed by atoms with E-state index in [1.807, 2.05) is 12.1 Å². The minimum atomic E-state index is -3.34. The summed E-state index contributed by atoms with van der Waals surface area (Å²) in [6.07, 6.45) is 13.3. The van der Waals surface area contributed by atoms with Crippen molar-refractivity contribution in [3.05, 3.63) is 71.6 Å². The van der Waals surface area contributed by atoms with E-state index in [0.717, 1.165) is 43.6 Å². The predicted octanol–water partition coefficient (Wildman–Crippen LogP) is 4.89. The highest BCUT2D eigenvalue weighted by atomic mass is 32.2. The largest absolute Gasteiger partial charge is 0.397 e. The highest BCUT2D eigenvalue weighted by Crippen LogP contribution is 2.31. The molecule has 0 spiro atoms. The van der Waals surface area contributed by atoms with Crippen LogP contribution < -0.4 is 5.73 Å². The number of sulfone groups is 1. The molecule has 2 aromatic rings. The molecule has 2 aliphatic heterocycles. The zero-order valence-electron chi connectivity index (χ0n) is 20.2. The Bertz CT molecular complexity index is 1360. The quantitative estimate of drug-likeness (QED) is 0.600. The Morgan fingerprint density at radius 2 is 1.94 bits per heavy atom. The first kappa shape index (κ1) is 24.6. The number of nitrogen functional groups attached to an aromatic ring is 1. The van der Waals surface area contributed by atoms with Crippen molar-refractivity contribution >= 4 is 33.1 Å². The molecule has 3 N–H and O–H groups in total. The van der Waals surface area contributed by atoms with Crippen molar-refractivity contribution in [2.45, 2.75) is 37.5 Å². The smallest absolute Gasteiger partial charge is 0.175 e. The van der Waals surface area contributed by atoms with Gasteiger partial charge in [0.15, 0.2) is 9.84 Å². The van der Waals surface area contributed by atoms with Gasteiger partial charge in [0, 0.05) is 36.2 Å². The molecule has 7 nitrogen and oxygen atoms in total. The minimum absolute atomic E-state index is 0.234. The fourth-order valence-corrected chi connectivity index (χ4v) is 4.92. The highest BCUT2D eigenvalue weighted by molar-refractivity contribution is 7.90. The summed E-state index contributed by atoms with van der Waals surface area (Å²) in [4.78, 5) is 11.8. The lowest BCUT2D eigenvalue weighted by Crippen LogP contribution is -2.30. The molecule has 8 heteroatoms. The lowest BCUT2D eigenvalue weighted by molar-refractivity contribution is 0.292. The normalized spacial score (nSPS) is 18.2. The maximum atomic E-state index is 12.0. The molecule has 2 aliphatic rings. The Labute approximate surface area is 207 Å². The first-order valence-electron chi connectivity index (χ1n) is 11.9. The number of hydrogen-bond acceptors (Lipinski definition) is 7. The van der Waals surface area contributed by atoms with E-state index in [4.69, 9.17) is 16.1 Å². The summed E-state index contributed by atoms with van der Waals surface area (Å²) >= 11 is 0. The number of anilines is 1. The standard InChI is InChI=1S/C27H31N5O2S/c1-3-4-11-26(32-14-6-5-7-15-32)21-17-25(30-18-23(21)29)27-22(28)12-13-24(31-27)19-9-8-10-20(16-19)35(2,33)34/h4,8-13,16-18,29H,3,5-7,14-15,28H2,1-2H3/b11-4-,26-21+,29-23?. The van der Waals surface area contributed by atoms with E-state index in [-0.39, 0.29) is 4.90 Å². The number of nitrogens with one attached hydrogen (secondary N) is 1. The third kappa shape index (κ3) is 5.59. The summed E-state index contributed by atoms with van der Waals surface area (Å²) in [7, 11) is -3.34. The molecule has 0 atom stereocenters. The van der Waals surface area contributed by atoms with Crippen LogP contribution in [0.1, 0.15) is 38.3 Å². The molecule has 1 saturated heterocycles. The summed E-state index contributed by atoms with van der Waals surface area (Å²) < 4.78 is 24.0. The molecule has 0 bridgehead atoms. The summed E-state index contributed by atoms with van der Waals surface area (Å²) in [5.74, 6) is 0. The summed E-state index contributed by atoms with van der Waals surface area (Å²) in [5, 5.41) is 8.57. The molecule has 0 aliphatic carbocycles. The van der Waals surface area contributed by atoms with E-state index in [9.17, 15) is 8.42 Å². The van der Waals surface area contributed by atoms with Crippen LogP contribution in [0.15, 0.2) is 75.8 Å². The van der Waals surface area contributed by atoms with Crippen molar-refractivity contribution in [2.75, 3.05) is 25.1 Å². The number of aromatic nitrogens is 1. The number of pyridine rings is 1. The number of nitrogens with zero attached hydrogens (tertiary/aromatic N) is 3. The maximum absolute atomic E-state index is 12.0. The Morgan fingerprint density at radius 3 is 2.66 bits per heavy atom. The van der Waals surface area contributed by atoms with E-state index in [1.165, 1.54) is 12.7 Å². The number of benzene rings is 1. The first-order valence-corrected chi connectivity index (χ1v) is 13.7. The first-order chi connectivity index (χ1) is 16.8. The molecule has 0 radical (unpaired) electrons. The molecule has 0 amide bonds. The van der Waals surface area contributed by atoms with Gasteiger partial charge < -0.3 is 10.6 Å². The number of hydrogen-bond donors (Lipinski definition) is 2. The van der Waals surface area contributed by atoms with Gasteiger partial charge in [-0.1, -0.05) is 25.1 Å². The van der Waals surface area contributed by atoms with Crippen LogP contribution in [0.5, 0.6) is 0 Å². The molecule has 1 fully saturated rings. The average Bonchev–Trinajstić information content (AvgIpc) is 2.86. The molecule has 3 heterocycles. The summed E-state index contributed by atoms with van der Waals surface area (Å²) in [6, 6.07) is 10.2. The van der Waals surface area contributed by atoms with Crippen molar-refractivity contribution in [2.24, 2.45) is 4.99 Å². The van der Waals surface area contributed by atoms with Crippen LogP contribution in [0.25, 0.3) is 17.0 Å². The van der Waals surface area contributed by atoms with Crippen LogP contribution in [0, 0.1) is 5.41 Å². The zero-order valence-corrected chi connectivity index (χ0v) is 21.0. The molecule has 0 unspecified atom stereocenters. The maximum Gasteiger partial charge on any atom is 0.175 e. The van der Waals surface area contributed by atoms with Gasteiger partial charge in [0.05, 0.1) is 33.9 Å². The molecule has 35 heavy (non-hydrogen) atoms. The number of nitrogens with two attached hydrogens (primary N) is 1. The van der Waals surface area contributed by atoms with Gasteiger partial charge in [-0.25, -0.2) is 13.4 Å². The van der Waals surface area contributed by atoms with E-state index < -0.39 is 9.84 Å². The Balaban J connectivity index is 1.80. The average molecular weight is 490 g/mol. The number of piperidine rings is 1. The fraction of sp³-hybridized carbons (Fsp3) is 0.296. The Hall–Kier alpha value is -3.52. The topological polar surface area (TPSA) is 112 Å². The SMILES string of the molecule is CC/C=C\C(=C1\C=C(c2nc(-c3cccc(S(C)(=O)=O)c3)ccc2N)N=CC1=N)N1CCCCC1. The van der Waals surface area contributed by atoms with Crippen molar-refractivity contribution in [3.8, 4) is 11.3 Å². The van der Waals surface area contributed by atoms with Crippen LogP contribution in [-0.2, 0) is 9.84 Å². The lowest BCUT2D eigenvalue weighted by Gasteiger charge is -2.31. The third-order valence-corrected chi connectivity index (χ3v) is 7.23. The van der Waals surface area contributed by atoms with Gasteiger partial charge in [-0.2, -0.15) is 0 Å². The van der Waals surface area contributed by atoms with Crippen molar-refractivity contribution in [3.63, 3.8) is 0 Å². The minimum Gasteiger partial charge on any atom is -0.397 e. The molecule has 0 saturated carbocycles. The van der Waals surface area contributed by atoms with Crippen molar-refractivity contribution in [1.82, 2.24) is 9.88 Å². The van der Waals surface area contributed by atoms with Crippen molar-refractivity contribution < 1.29 is 8.42 Å². The highest BCUT2D eigenvalue weighted by Gasteiger charge is 2.21. The number of rotatable bonds is 6. The lowest BCUT2D eigenvalue weighted by atomic mass is 10.00. The van der Waals surface area contributed by atoms with Gasteiger partial charge in [0.2, 0.25) is 0 Å². The van der Waals surface area contributed by atoms with E-state index in [1.54, 1.807) is 36.5 Å². The van der Waals surface area contributed by atoms with Gasteiger partial charge in [-0.15, -0.1) is 0 Å². The monoisotopic (exact) mass is 489 g/mol. The Kier molecular flexibility index (Phi) is 7.31. The summed E-state index contributed by atoms with van der Waals surface area (Å²) in [5.41, 5.74) is 11.3. The number of allylic oxidation sites excluding steroid dienone is 4. The second-order valence-corrected chi connectivity index (χ2v) is 10.8. The number of aliphatic imine (C=N–C) groups is 1. The van der Waals surface area contributed by atoms with Gasteiger partial charge in [0.1, 0.15) is 5.69 Å². The van der Waals surface area contributed by atoms with Crippen LogP contribution in [0.4, 0.5) is 5.69 Å². The predicted molar refractivity (Wildman–Crippen MR) is 143 cm³/mol. The second kappa shape index (κ2) is 10.4. The second-order valence-electron chi connectivity index (χ2n) is 8.79. The van der Waals surface area contributed by atoms with Crippen molar-refractivity contribution in [1.29, 1.82) is 5.41 Å². The molecule has 1 aromatic carbocycles. The van der Waals surface area contributed by atoms with Crippen LogP contribution in [-0.4, -0.2) is 49.6 Å². The van der Waals surface area contributed by atoms with Crippen LogP contribution in [0.2, 0.25) is 0 Å². The summed E-state index contributed by atoms with van der Waals surface area (Å²) in [6.45, 7) is 4.03. The molecular formula is C27H31N5O2S.